The minimum atomic E-state index is -1.12. The van der Waals surface area contributed by atoms with Crippen molar-refractivity contribution in [1.82, 2.24) is 26.2 Å². The standard InChI is InChI=1S/C27H29N2O7P.C26H26NO8P.C12H19N2O5P.CH5N/c1-28-26(30)16-34-17-12-24(32-2)22(25(13-17)33-3)14-29(36-37)27(31)35-15-23-20-10-6-4-8-18(20)19-9-5-7-11-21(19)23;1-31-23-11-16(33-15-25(28)29)12-24(32-2)21(23)13-27(35-36)26(30)34-14-22-19-9-5-3-7-17(19)18-8-4-6-10-20(18)22;1-13-12(15)7-18-8-4-10(16-2)9(6-14-19-20)11(5-8)17-3;1-2/h4-13,23H,14-16,37H2,1-3H3,(H,28,30);3-12,22H,13-15,36H2,1-2H3,(H,28,29);4-5,14H,6-7,20H2,1-3H3,(H,13,15);2H2,1H3. The first-order chi connectivity index (χ1) is 46.1. The number of nitrogens with two attached hydrogens (primary N) is 1. The molecule has 0 aliphatic heterocycles. The summed E-state index contributed by atoms with van der Waals surface area (Å²) in [6.07, 6.45) is -1.36. The lowest BCUT2D eigenvalue weighted by atomic mass is 9.98. The number of ether oxygens (including phenoxy) is 11. The van der Waals surface area contributed by atoms with E-state index in [1.54, 1.807) is 45.5 Å². The van der Waals surface area contributed by atoms with Crippen LogP contribution in [0, 0.1) is 0 Å². The molecule has 2 aliphatic rings. The molecule has 3 unspecified atom stereocenters. The molecule has 0 saturated carbocycles. The topological polar surface area (TPSA) is 303 Å². The Kier molecular flexibility index (Phi) is 30.1. The van der Waals surface area contributed by atoms with Crippen molar-refractivity contribution >= 4 is 58.4 Å². The van der Waals surface area contributed by atoms with E-state index in [1.807, 2.05) is 70.1 Å². The summed E-state index contributed by atoms with van der Waals surface area (Å²) in [5.74, 6) is 1.91. The maximum Gasteiger partial charge on any atom is 0.434 e. The third-order valence-corrected chi connectivity index (χ3v) is 15.3. The first-order valence-electron chi connectivity index (χ1n) is 29.0. The summed E-state index contributed by atoms with van der Waals surface area (Å²) in [5, 5.41) is 15.9. The molecule has 0 radical (unpaired) electrons. The number of carbonyl (C=O) groups excluding carboxylic acids is 4. The van der Waals surface area contributed by atoms with Gasteiger partial charge in [0.15, 0.2) is 19.8 Å². The summed E-state index contributed by atoms with van der Waals surface area (Å²) >= 11 is 0. The third-order valence-electron chi connectivity index (χ3n) is 14.7. The van der Waals surface area contributed by atoms with Gasteiger partial charge in [0.1, 0.15) is 65.0 Å². The maximum absolute atomic E-state index is 13.1. The van der Waals surface area contributed by atoms with Crippen LogP contribution in [0.5, 0.6) is 51.7 Å². The lowest BCUT2D eigenvalue weighted by Crippen LogP contribution is -2.30. The molecule has 6 N–H and O–H groups in total. The Morgan fingerprint density at radius 3 is 1.00 bits per heavy atom. The number of methoxy groups -OCH3 is 6. The summed E-state index contributed by atoms with van der Waals surface area (Å²) in [6.45, 7) is -0.171. The van der Waals surface area contributed by atoms with Crippen molar-refractivity contribution in [2.75, 3.05) is 96.8 Å². The molecule has 0 spiro atoms. The van der Waals surface area contributed by atoms with Gasteiger partial charge in [0.25, 0.3) is 11.8 Å². The van der Waals surface area contributed by atoms with Crippen LogP contribution in [-0.2, 0) is 57.4 Å². The largest absolute Gasteiger partial charge is 0.496 e. The second-order valence-corrected chi connectivity index (χ2v) is 20.5. The number of rotatable bonds is 28. The minimum Gasteiger partial charge on any atom is -0.496 e. The number of amides is 4. The minimum absolute atomic E-state index is 0.0255. The van der Waals surface area contributed by atoms with E-state index < -0.39 is 24.8 Å². The van der Waals surface area contributed by atoms with Gasteiger partial charge in [-0.05, 0) is 51.6 Å². The SMILES string of the molecule is CN.CNC(=O)COc1cc(OC)c(CN(OP)C(=O)OCC2c3ccccc3-c3ccccc32)c(OC)c1.CNC(=O)COc1cc(OC)c(CNOP)c(OC)c1.COc1cc(OCC(=O)O)cc(OC)c1CN(OP)C(=O)OCC1c2ccccc2-c2ccccc21. The highest BCUT2D eigenvalue weighted by atomic mass is 31.0. The van der Waals surface area contributed by atoms with Gasteiger partial charge in [-0.25, -0.2) is 14.4 Å². The number of hydroxylamine groups is 5. The molecule has 7 aromatic carbocycles. The van der Waals surface area contributed by atoms with Gasteiger partial charge in [0, 0.05) is 90.7 Å². The summed E-state index contributed by atoms with van der Waals surface area (Å²) < 4.78 is 75.2. The van der Waals surface area contributed by atoms with Crippen LogP contribution >= 0.6 is 28.4 Å². The molecular formula is C66H79N6O20P3. The Bertz CT molecular complexity index is 3550. The molecule has 0 bridgehead atoms. The Morgan fingerprint density at radius 2 is 0.737 bits per heavy atom. The van der Waals surface area contributed by atoms with Crippen LogP contribution in [0.25, 0.3) is 22.3 Å². The van der Waals surface area contributed by atoms with Gasteiger partial charge in [-0.15, -0.1) is 0 Å². The molecule has 26 nitrogen and oxygen atoms in total. The van der Waals surface area contributed by atoms with Crippen LogP contribution < -0.4 is 64.5 Å². The average Bonchev–Trinajstić information content (AvgIpc) is 1.63. The summed E-state index contributed by atoms with van der Waals surface area (Å²) in [4.78, 5) is 59.6. The molecule has 508 valence electrons. The number of benzene rings is 7. The van der Waals surface area contributed by atoms with E-state index in [2.05, 4.69) is 77.2 Å². The van der Waals surface area contributed by atoms with Gasteiger partial charge in [-0.1, -0.05) is 97.1 Å². The van der Waals surface area contributed by atoms with E-state index >= 15 is 0 Å². The zero-order valence-corrected chi connectivity index (χ0v) is 57.4. The van der Waals surface area contributed by atoms with Crippen molar-refractivity contribution in [3.63, 3.8) is 0 Å². The number of hydrogen-bond acceptors (Lipinski definition) is 21. The second-order valence-electron chi connectivity index (χ2n) is 19.9. The zero-order valence-electron chi connectivity index (χ0n) is 53.9. The highest BCUT2D eigenvalue weighted by Gasteiger charge is 2.33. The number of hydrogen-bond donors (Lipinski definition) is 5. The van der Waals surface area contributed by atoms with Crippen LogP contribution in [0.4, 0.5) is 9.59 Å². The second kappa shape index (κ2) is 38.2. The molecule has 2 aliphatic carbocycles. The van der Waals surface area contributed by atoms with E-state index in [-0.39, 0.29) is 68.9 Å². The predicted molar refractivity (Wildman–Crippen MR) is 361 cm³/mol. The van der Waals surface area contributed by atoms with Crippen LogP contribution in [0.15, 0.2) is 133 Å². The molecular weight excluding hydrogens is 1290 g/mol. The first-order valence-corrected chi connectivity index (χ1v) is 30.4. The van der Waals surface area contributed by atoms with E-state index in [0.29, 0.717) is 63.7 Å². The van der Waals surface area contributed by atoms with Gasteiger partial charge in [0.05, 0.1) is 79.0 Å². The first kappa shape index (κ1) is 74.8. The van der Waals surface area contributed by atoms with Gasteiger partial charge in [-0.2, -0.15) is 15.6 Å². The third kappa shape index (κ3) is 19.7. The van der Waals surface area contributed by atoms with E-state index in [0.717, 1.165) is 60.2 Å². The smallest absolute Gasteiger partial charge is 0.434 e. The fourth-order valence-electron chi connectivity index (χ4n) is 10.2. The number of nitrogens with zero attached hydrogens (tertiary/aromatic N) is 2. The van der Waals surface area contributed by atoms with Crippen LogP contribution in [0.1, 0.15) is 50.8 Å². The van der Waals surface area contributed by atoms with E-state index in [4.69, 9.17) is 71.1 Å². The molecule has 29 heteroatoms. The average molecular weight is 1370 g/mol. The monoisotopic (exact) mass is 1370 g/mol. The highest BCUT2D eigenvalue weighted by molar-refractivity contribution is 7.10. The molecule has 95 heavy (non-hydrogen) atoms. The molecule has 0 aromatic heterocycles. The van der Waals surface area contributed by atoms with E-state index in [9.17, 15) is 24.0 Å². The van der Waals surface area contributed by atoms with Crippen molar-refractivity contribution in [2.24, 2.45) is 5.73 Å². The molecule has 4 amide bonds. The predicted octanol–water partition coefficient (Wildman–Crippen LogP) is 9.16. The van der Waals surface area contributed by atoms with Crippen molar-refractivity contribution in [3.8, 4) is 74.0 Å². The van der Waals surface area contributed by atoms with Crippen molar-refractivity contribution in [3.05, 3.63) is 172 Å². The molecule has 7 aromatic rings. The molecule has 9 rings (SSSR count). The number of carboxylic acids is 1. The lowest BCUT2D eigenvalue weighted by molar-refractivity contribution is -0.139. The molecule has 0 fully saturated rings. The summed E-state index contributed by atoms with van der Waals surface area (Å²) in [7, 11) is 19.7. The van der Waals surface area contributed by atoms with E-state index in [1.165, 1.54) is 54.7 Å². The quantitative estimate of drug-likeness (QED) is 0.0225. The van der Waals surface area contributed by atoms with Crippen LogP contribution in [-0.4, -0.2) is 142 Å². The van der Waals surface area contributed by atoms with Crippen LogP contribution in [0.3, 0.4) is 0 Å². The number of carboxylic acid groups (broad SMARTS) is 1. The van der Waals surface area contributed by atoms with Gasteiger partial charge in [-0.3, -0.25) is 23.5 Å². The number of carbonyl (C=O) groups is 5. The number of fused-ring (bicyclic) bond motifs is 6. The van der Waals surface area contributed by atoms with Crippen molar-refractivity contribution < 1.29 is 95.1 Å². The zero-order chi connectivity index (χ0) is 69.0. The molecule has 0 saturated heterocycles. The Labute approximate surface area is 557 Å². The highest BCUT2D eigenvalue weighted by Crippen LogP contribution is 2.47. The number of aliphatic carboxylic acids is 1. The van der Waals surface area contributed by atoms with Crippen LogP contribution in [0.2, 0.25) is 0 Å². The Balaban J connectivity index is 0.000000233. The molecule has 0 heterocycles. The number of nitrogens with one attached hydrogen (secondary N) is 3. The maximum atomic E-state index is 13.1. The Morgan fingerprint density at radius 1 is 0.453 bits per heavy atom. The van der Waals surface area contributed by atoms with Crippen molar-refractivity contribution in [2.45, 2.75) is 31.5 Å². The van der Waals surface area contributed by atoms with Gasteiger partial charge in [0.2, 0.25) is 0 Å². The van der Waals surface area contributed by atoms with Crippen molar-refractivity contribution in [1.29, 1.82) is 0 Å². The fraction of sp³-hybridized carbons (Fsp3) is 0.288. The summed E-state index contributed by atoms with van der Waals surface area (Å²) in [6, 6.07) is 42.0. The van der Waals surface area contributed by atoms with Gasteiger partial charge < -0.3 is 73.6 Å². The Hall–Kier alpha value is -9.22. The summed E-state index contributed by atoms with van der Waals surface area (Å²) in [5.41, 5.74) is 18.0. The van der Waals surface area contributed by atoms with Gasteiger partial charge >= 0.3 is 18.2 Å². The number of likely N-dealkylation sites (N-methyl/N-ethyl adjacent to an activating group) is 2. The fourth-order valence-corrected chi connectivity index (χ4v) is 10.6. The molecule has 3 atom stereocenters. The normalized spacial score (nSPS) is 11.3. The lowest BCUT2D eigenvalue weighted by Gasteiger charge is -2.23.